The van der Waals surface area contributed by atoms with Gasteiger partial charge in [0.25, 0.3) is 0 Å². The van der Waals surface area contributed by atoms with Gasteiger partial charge in [-0.2, -0.15) is 13.2 Å². The second-order valence-electron chi connectivity index (χ2n) is 3.48. The van der Waals surface area contributed by atoms with Crippen LogP contribution in [0.3, 0.4) is 0 Å². The summed E-state index contributed by atoms with van der Waals surface area (Å²) in [6.45, 7) is 1.56. The number of aryl methyl sites for hydroxylation is 2. The molecule has 0 aliphatic carbocycles. The summed E-state index contributed by atoms with van der Waals surface area (Å²) in [7, 11) is 0. The van der Waals surface area contributed by atoms with Crippen LogP contribution in [0.1, 0.15) is 30.5 Å². The Kier molecular flexibility index (Phi) is 2.01. The maximum absolute atomic E-state index is 12.6. The minimum atomic E-state index is -4.19. The third-order valence-electron chi connectivity index (χ3n) is 2.50. The van der Waals surface area contributed by atoms with Crippen molar-refractivity contribution in [1.82, 2.24) is 14.8 Å². The lowest BCUT2D eigenvalue weighted by Gasteiger charge is -2.27. The molecule has 0 fully saturated rings. The molecule has 0 bridgehead atoms. The molecular weight excluding hydrogens is 195 g/mol. The number of rotatable bonds is 0. The van der Waals surface area contributed by atoms with Crippen LogP contribution < -0.4 is 0 Å². The van der Waals surface area contributed by atoms with Crippen molar-refractivity contribution < 1.29 is 13.2 Å². The minimum Gasteiger partial charge on any atom is -0.303 e. The Hall–Kier alpha value is -1.07. The first-order valence-electron chi connectivity index (χ1n) is 4.47. The van der Waals surface area contributed by atoms with Gasteiger partial charge in [0.15, 0.2) is 0 Å². The quantitative estimate of drug-likeness (QED) is 0.648. The lowest BCUT2D eigenvalue weighted by Crippen LogP contribution is -2.31. The smallest absolute Gasteiger partial charge is 0.303 e. The number of aromatic nitrogens is 3. The normalized spacial score (nSPS) is 22.1. The van der Waals surface area contributed by atoms with Crippen molar-refractivity contribution in [2.45, 2.75) is 38.4 Å². The highest BCUT2D eigenvalue weighted by Gasteiger charge is 2.43. The van der Waals surface area contributed by atoms with E-state index in [-0.39, 0.29) is 6.42 Å². The summed E-state index contributed by atoms with van der Waals surface area (Å²) in [5.41, 5.74) is 0. The second kappa shape index (κ2) is 2.96. The fourth-order valence-corrected chi connectivity index (χ4v) is 1.88. The summed E-state index contributed by atoms with van der Waals surface area (Å²) in [5, 5.41) is 7.41. The zero-order valence-corrected chi connectivity index (χ0v) is 7.67. The SMILES string of the molecule is Cc1nnc2n1C(C(F)(F)F)CCC2. The average molecular weight is 205 g/mol. The van der Waals surface area contributed by atoms with E-state index in [9.17, 15) is 13.2 Å². The van der Waals surface area contributed by atoms with Crippen LogP contribution in [0.15, 0.2) is 0 Å². The monoisotopic (exact) mass is 205 g/mol. The summed E-state index contributed by atoms with van der Waals surface area (Å²) >= 11 is 0. The van der Waals surface area contributed by atoms with Crippen LogP contribution >= 0.6 is 0 Å². The van der Waals surface area contributed by atoms with Gasteiger partial charge >= 0.3 is 6.18 Å². The van der Waals surface area contributed by atoms with Crippen molar-refractivity contribution in [2.75, 3.05) is 0 Å². The Morgan fingerprint density at radius 3 is 2.71 bits per heavy atom. The van der Waals surface area contributed by atoms with Gasteiger partial charge in [-0.15, -0.1) is 10.2 Å². The maximum Gasteiger partial charge on any atom is 0.409 e. The number of nitrogens with zero attached hydrogens (tertiary/aromatic N) is 3. The molecule has 0 N–H and O–H groups in total. The van der Waals surface area contributed by atoms with Crippen LogP contribution in [0.5, 0.6) is 0 Å². The van der Waals surface area contributed by atoms with Crippen LogP contribution in [-0.2, 0) is 6.42 Å². The predicted octanol–water partition coefficient (Wildman–Crippen LogP) is 2.03. The molecule has 6 heteroatoms. The highest BCUT2D eigenvalue weighted by Crippen LogP contribution is 2.38. The highest BCUT2D eigenvalue weighted by molar-refractivity contribution is 5.02. The Labute approximate surface area is 78.9 Å². The fraction of sp³-hybridized carbons (Fsp3) is 0.750. The van der Waals surface area contributed by atoms with Crippen LogP contribution in [-0.4, -0.2) is 20.9 Å². The van der Waals surface area contributed by atoms with Gasteiger partial charge < -0.3 is 4.57 Å². The molecule has 0 aromatic carbocycles. The van der Waals surface area contributed by atoms with E-state index in [1.165, 1.54) is 4.57 Å². The molecule has 1 aromatic rings. The van der Waals surface area contributed by atoms with E-state index >= 15 is 0 Å². The standard InChI is InChI=1S/C8H10F3N3/c1-5-12-13-7-4-2-3-6(14(5)7)8(9,10)11/h6H,2-4H2,1H3. The summed E-state index contributed by atoms with van der Waals surface area (Å²) in [6, 6.07) is -1.43. The molecule has 78 valence electrons. The van der Waals surface area contributed by atoms with Crippen molar-refractivity contribution in [1.29, 1.82) is 0 Å². The predicted molar refractivity (Wildman–Crippen MR) is 42.8 cm³/mol. The van der Waals surface area contributed by atoms with Crippen molar-refractivity contribution >= 4 is 0 Å². The summed E-state index contributed by atoms with van der Waals surface area (Å²) in [5.74, 6) is 0.804. The van der Waals surface area contributed by atoms with Crippen molar-refractivity contribution in [2.24, 2.45) is 0 Å². The Morgan fingerprint density at radius 1 is 1.36 bits per heavy atom. The first kappa shape index (κ1) is 9.48. The van der Waals surface area contributed by atoms with Gasteiger partial charge in [-0.3, -0.25) is 0 Å². The summed E-state index contributed by atoms with van der Waals surface area (Å²) < 4.78 is 39.0. The van der Waals surface area contributed by atoms with E-state index in [1.54, 1.807) is 6.92 Å². The molecule has 0 spiro atoms. The van der Waals surface area contributed by atoms with Gasteiger partial charge in [0.05, 0.1) is 0 Å². The van der Waals surface area contributed by atoms with Gasteiger partial charge in [-0.1, -0.05) is 0 Å². The number of fused-ring (bicyclic) bond motifs is 1. The van der Waals surface area contributed by atoms with Gasteiger partial charge in [-0.25, -0.2) is 0 Å². The molecule has 2 rings (SSSR count). The molecule has 0 saturated heterocycles. The lowest BCUT2D eigenvalue weighted by molar-refractivity contribution is -0.172. The van der Waals surface area contributed by atoms with Crippen LogP contribution in [0.2, 0.25) is 0 Å². The van der Waals surface area contributed by atoms with Gasteiger partial charge in [0.2, 0.25) is 0 Å². The fourth-order valence-electron chi connectivity index (χ4n) is 1.88. The number of halogens is 3. The Balaban J connectivity index is 2.44. The van der Waals surface area contributed by atoms with E-state index < -0.39 is 12.2 Å². The van der Waals surface area contributed by atoms with Crippen LogP contribution in [0.25, 0.3) is 0 Å². The maximum atomic E-state index is 12.6. The highest BCUT2D eigenvalue weighted by atomic mass is 19.4. The summed E-state index contributed by atoms with van der Waals surface area (Å²) in [6.07, 6.45) is -2.94. The third kappa shape index (κ3) is 1.38. The number of hydrogen-bond acceptors (Lipinski definition) is 2. The Bertz CT molecular complexity index is 342. The molecule has 0 saturated carbocycles. The van der Waals surface area contributed by atoms with E-state index in [0.29, 0.717) is 24.5 Å². The molecular formula is C8H10F3N3. The van der Waals surface area contributed by atoms with Crippen molar-refractivity contribution in [3.05, 3.63) is 11.6 Å². The molecule has 0 radical (unpaired) electrons. The third-order valence-corrected chi connectivity index (χ3v) is 2.50. The molecule has 1 aliphatic heterocycles. The minimum absolute atomic E-state index is 0.134. The number of hydrogen-bond donors (Lipinski definition) is 0. The zero-order chi connectivity index (χ0) is 10.3. The molecule has 0 amide bonds. The largest absolute Gasteiger partial charge is 0.409 e. The molecule has 14 heavy (non-hydrogen) atoms. The Morgan fingerprint density at radius 2 is 2.07 bits per heavy atom. The van der Waals surface area contributed by atoms with Crippen LogP contribution in [0.4, 0.5) is 13.2 Å². The molecule has 3 nitrogen and oxygen atoms in total. The molecule has 1 unspecified atom stereocenters. The lowest BCUT2D eigenvalue weighted by atomic mass is 10.0. The molecule has 1 aliphatic rings. The van der Waals surface area contributed by atoms with E-state index in [2.05, 4.69) is 10.2 Å². The topological polar surface area (TPSA) is 30.7 Å². The zero-order valence-electron chi connectivity index (χ0n) is 7.67. The molecule has 2 heterocycles. The van der Waals surface area contributed by atoms with E-state index in [4.69, 9.17) is 0 Å². The van der Waals surface area contributed by atoms with E-state index in [0.717, 1.165) is 0 Å². The van der Waals surface area contributed by atoms with Crippen LogP contribution in [0, 0.1) is 6.92 Å². The van der Waals surface area contributed by atoms with Gasteiger partial charge in [-0.05, 0) is 19.8 Å². The van der Waals surface area contributed by atoms with Crippen molar-refractivity contribution in [3.8, 4) is 0 Å². The average Bonchev–Trinajstić information content (AvgIpc) is 2.46. The van der Waals surface area contributed by atoms with Gasteiger partial charge in [0, 0.05) is 6.42 Å². The number of alkyl halides is 3. The van der Waals surface area contributed by atoms with E-state index in [1.807, 2.05) is 0 Å². The summed E-state index contributed by atoms with van der Waals surface area (Å²) in [4.78, 5) is 0. The molecule has 1 aromatic heterocycles. The van der Waals surface area contributed by atoms with Crippen molar-refractivity contribution in [3.63, 3.8) is 0 Å². The molecule has 1 atom stereocenters. The first-order valence-corrected chi connectivity index (χ1v) is 4.47. The first-order chi connectivity index (χ1) is 6.50. The van der Waals surface area contributed by atoms with Gasteiger partial charge in [0.1, 0.15) is 17.7 Å². The second-order valence-corrected chi connectivity index (χ2v) is 3.48.